The first kappa shape index (κ1) is 19.7. The second-order valence-electron chi connectivity index (χ2n) is 8.58. The van der Waals surface area contributed by atoms with Crippen LogP contribution in [0.15, 0.2) is 15.2 Å². The Morgan fingerprint density at radius 1 is 1.04 bits per heavy atom. The Labute approximate surface area is 163 Å². The minimum absolute atomic E-state index is 0.194. The fraction of sp³-hybridized carbons (Fsp3) is 0.632. The Balaban J connectivity index is 1.73. The van der Waals surface area contributed by atoms with Gasteiger partial charge in [-0.15, -0.1) is 21.5 Å². The number of nitrogens with zero attached hydrogens (tertiary/aromatic N) is 5. The lowest BCUT2D eigenvalue weighted by molar-refractivity contribution is 0.291. The van der Waals surface area contributed by atoms with E-state index in [-0.39, 0.29) is 10.8 Å². The highest BCUT2D eigenvalue weighted by Gasteiger charge is 2.32. The third kappa shape index (κ3) is 4.43. The van der Waals surface area contributed by atoms with Gasteiger partial charge in [0.25, 0.3) is 0 Å². The van der Waals surface area contributed by atoms with Crippen molar-refractivity contribution in [3.8, 4) is 0 Å². The largest absolute Gasteiger partial charge is 0.449 e. The molecule has 0 aliphatic carbocycles. The first-order valence-electron chi connectivity index (χ1n) is 9.15. The van der Waals surface area contributed by atoms with Crippen molar-refractivity contribution in [2.45, 2.75) is 78.1 Å². The Morgan fingerprint density at radius 2 is 1.78 bits per heavy atom. The summed E-state index contributed by atoms with van der Waals surface area (Å²) in [7, 11) is 0. The molecule has 0 aliphatic heterocycles. The van der Waals surface area contributed by atoms with Gasteiger partial charge in [-0.3, -0.25) is 0 Å². The molecule has 0 bridgehead atoms. The van der Waals surface area contributed by atoms with Gasteiger partial charge in [-0.1, -0.05) is 46.7 Å². The summed E-state index contributed by atoms with van der Waals surface area (Å²) in [6, 6.07) is 0. The van der Waals surface area contributed by atoms with Crippen molar-refractivity contribution in [3.63, 3.8) is 0 Å². The maximum absolute atomic E-state index is 5.76. The van der Waals surface area contributed by atoms with Gasteiger partial charge in [0.2, 0.25) is 5.89 Å². The van der Waals surface area contributed by atoms with E-state index in [1.807, 2.05) is 20.8 Å². The number of aryl methyl sites for hydroxylation is 1. The highest BCUT2D eigenvalue weighted by atomic mass is 32.1. The van der Waals surface area contributed by atoms with Crippen molar-refractivity contribution in [2.75, 3.05) is 0 Å². The summed E-state index contributed by atoms with van der Waals surface area (Å²) in [5.41, 5.74) is 0.371. The number of hydrogen-bond donors (Lipinski definition) is 0. The van der Waals surface area contributed by atoms with Crippen LogP contribution in [0.1, 0.15) is 80.8 Å². The number of aromatic nitrogens is 5. The molecular weight excluding hydrogens is 362 g/mol. The van der Waals surface area contributed by atoms with Gasteiger partial charge in [0.1, 0.15) is 16.3 Å². The molecule has 0 radical (unpaired) electrons. The summed E-state index contributed by atoms with van der Waals surface area (Å²) in [4.78, 5) is 9.08. The van der Waals surface area contributed by atoms with E-state index in [2.05, 4.69) is 48.0 Å². The van der Waals surface area contributed by atoms with Crippen LogP contribution in [0.5, 0.6) is 0 Å². The molecule has 0 aromatic carbocycles. The van der Waals surface area contributed by atoms with Crippen LogP contribution in [0.4, 0.5) is 0 Å². The van der Waals surface area contributed by atoms with Crippen LogP contribution >= 0.6 is 11.3 Å². The van der Waals surface area contributed by atoms with E-state index < -0.39 is 0 Å². The highest BCUT2D eigenvalue weighted by Crippen LogP contribution is 2.31. The summed E-state index contributed by atoms with van der Waals surface area (Å²) in [5.74, 6) is 2.28. The zero-order valence-corrected chi connectivity index (χ0v) is 17.8. The molecule has 0 fully saturated rings. The highest BCUT2D eigenvalue weighted by molar-refractivity contribution is 7.11. The van der Waals surface area contributed by atoms with Gasteiger partial charge < -0.3 is 8.94 Å². The maximum atomic E-state index is 5.76. The molecule has 0 amide bonds. The van der Waals surface area contributed by atoms with Gasteiger partial charge in [-0.05, 0) is 6.92 Å². The summed E-state index contributed by atoms with van der Waals surface area (Å²) in [5, 5.41) is 14.6. The first-order valence-corrected chi connectivity index (χ1v) is 9.96. The van der Waals surface area contributed by atoms with Gasteiger partial charge in [-0.25, -0.2) is 4.98 Å². The number of rotatable bonds is 7. The first-order chi connectivity index (χ1) is 12.6. The maximum Gasteiger partial charge on any atom is 0.232 e. The second-order valence-corrected chi connectivity index (χ2v) is 9.68. The molecular formula is C19H27N5O2S. The molecule has 7 nitrogen and oxygen atoms in total. The monoisotopic (exact) mass is 389 g/mol. The van der Waals surface area contributed by atoms with Crippen LogP contribution in [-0.2, 0) is 23.7 Å². The van der Waals surface area contributed by atoms with Crippen molar-refractivity contribution >= 4 is 11.3 Å². The number of oxazole rings is 1. The zero-order valence-electron chi connectivity index (χ0n) is 17.0. The Morgan fingerprint density at radius 3 is 2.37 bits per heavy atom. The Kier molecular flexibility index (Phi) is 5.20. The van der Waals surface area contributed by atoms with E-state index in [4.69, 9.17) is 13.9 Å². The van der Waals surface area contributed by atoms with Crippen molar-refractivity contribution in [1.82, 2.24) is 25.3 Å². The number of hydrogen-bond acceptors (Lipinski definition) is 8. The molecule has 3 heterocycles. The van der Waals surface area contributed by atoms with Gasteiger partial charge >= 0.3 is 0 Å². The summed E-state index contributed by atoms with van der Waals surface area (Å²) < 4.78 is 11.1. The van der Waals surface area contributed by atoms with E-state index in [1.54, 1.807) is 17.6 Å². The average Bonchev–Trinajstić information content (AvgIpc) is 3.27. The van der Waals surface area contributed by atoms with E-state index in [0.717, 1.165) is 22.1 Å². The minimum atomic E-state index is -0.348. The Bertz CT molecular complexity index is 907. The van der Waals surface area contributed by atoms with E-state index >= 15 is 0 Å². The van der Waals surface area contributed by atoms with E-state index in [1.165, 1.54) is 0 Å². The zero-order chi connectivity index (χ0) is 19.8. The molecule has 0 atom stereocenters. The van der Waals surface area contributed by atoms with Crippen LogP contribution in [-0.4, -0.2) is 25.3 Å². The van der Waals surface area contributed by atoms with Crippen LogP contribution in [0.3, 0.4) is 0 Å². The molecule has 3 aromatic rings. The molecule has 27 heavy (non-hydrogen) atoms. The Hall–Kier alpha value is -2.09. The molecule has 0 saturated heterocycles. The summed E-state index contributed by atoms with van der Waals surface area (Å²) in [6.07, 6.45) is 3.10. The average molecular weight is 390 g/mol. The summed E-state index contributed by atoms with van der Waals surface area (Å²) in [6.45, 7) is 14.5. The van der Waals surface area contributed by atoms with E-state index in [0.29, 0.717) is 29.9 Å². The van der Waals surface area contributed by atoms with Gasteiger partial charge in [0.15, 0.2) is 11.7 Å². The molecule has 0 saturated carbocycles. The molecule has 3 aromatic heterocycles. The molecule has 0 aliphatic rings. The second kappa shape index (κ2) is 7.14. The topological polar surface area (TPSA) is 90.7 Å². The van der Waals surface area contributed by atoms with Gasteiger partial charge in [0, 0.05) is 24.2 Å². The van der Waals surface area contributed by atoms with Crippen LogP contribution in [0, 0.1) is 6.92 Å². The molecule has 0 spiro atoms. The molecule has 3 rings (SSSR count). The van der Waals surface area contributed by atoms with E-state index in [9.17, 15) is 0 Å². The smallest absolute Gasteiger partial charge is 0.232 e. The van der Waals surface area contributed by atoms with Crippen LogP contribution in [0.25, 0.3) is 0 Å². The van der Waals surface area contributed by atoms with Gasteiger partial charge in [0.05, 0.1) is 11.1 Å². The fourth-order valence-corrected chi connectivity index (χ4v) is 3.84. The quantitative estimate of drug-likeness (QED) is 0.592. The normalized spacial score (nSPS) is 12.9. The predicted octanol–water partition coefficient (Wildman–Crippen LogP) is 4.38. The fourth-order valence-electron chi connectivity index (χ4n) is 2.77. The lowest BCUT2D eigenvalue weighted by Crippen LogP contribution is -2.23. The van der Waals surface area contributed by atoms with Gasteiger partial charge in [-0.2, -0.15) is 4.98 Å². The molecule has 146 valence electrons. The molecule has 0 N–H and O–H groups in total. The lowest BCUT2D eigenvalue weighted by Gasteiger charge is -2.20. The van der Waals surface area contributed by atoms with Crippen molar-refractivity contribution in [1.29, 1.82) is 0 Å². The predicted molar refractivity (Wildman–Crippen MR) is 103 cm³/mol. The standard InChI is InChI=1S/C19H27N5O2S/c1-11(2)16-23-22-15(27-16)9-18(4,5)13-10-25-14(21-13)8-19(6,7)17-20-12(3)24-26-17/h10-11H,8-9H2,1-7H3. The van der Waals surface area contributed by atoms with Crippen LogP contribution in [0.2, 0.25) is 0 Å². The lowest BCUT2D eigenvalue weighted by atomic mass is 9.86. The SMILES string of the molecule is Cc1noc(C(C)(C)Cc2nc(C(C)(C)Cc3nnc(C(C)C)s3)co2)n1. The minimum Gasteiger partial charge on any atom is -0.449 e. The third-order valence-electron chi connectivity index (χ3n) is 4.51. The van der Waals surface area contributed by atoms with Crippen LogP contribution < -0.4 is 0 Å². The summed E-state index contributed by atoms with van der Waals surface area (Å²) >= 11 is 1.67. The molecule has 0 unspecified atom stereocenters. The van der Waals surface area contributed by atoms with Crippen molar-refractivity contribution in [2.24, 2.45) is 0 Å². The van der Waals surface area contributed by atoms with Crippen molar-refractivity contribution < 1.29 is 8.94 Å². The molecule has 8 heteroatoms. The third-order valence-corrected chi connectivity index (χ3v) is 5.74. The van der Waals surface area contributed by atoms with Crippen molar-refractivity contribution in [3.05, 3.63) is 39.6 Å².